The molecule has 3 aromatic rings. The predicted octanol–water partition coefficient (Wildman–Crippen LogP) is 4.03. The van der Waals surface area contributed by atoms with Gasteiger partial charge in [-0.15, -0.1) is 11.3 Å². The van der Waals surface area contributed by atoms with E-state index in [1.807, 2.05) is 6.07 Å². The number of anilines is 1. The van der Waals surface area contributed by atoms with Crippen LogP contribution in [0, 0.1) is 5.82 Å². The Morgan fingerprint density at radius 3 is 2.33 bits per heavy atom. The lowest BCUT2D eigenvalue weighted by Crippen LogP contribution is -2.41. The van der Waals surface area contributed by atoms with Crippen LogP contribution in [-0.2, 0) is 22.9 Å². The first kappa shape index (κ1) is 22.9. The van der Waals surface area contributed by atoms with Gasteiger partial charge in [-0.25, -0.2) is 12.8 Å². The first-order chi connectivity index (χ1) is 15.8. The number of halogens is 1. The van der Waals surface area contributed by atoms with Crippen molar-refractivity contribution < 1.29 is 22.4 Å². The van der Waals surface area contributed by atoms with Crippen molar-refractivity contribution in [3.05, 3.63) is 81.3 Å². The summed E-state index contributed by atoms with van der Waals surface area (Å²) in [6.07, 6.45) is 5.36. The van der Waals surface area contributed by atoms with E-state index >= 15 is 0 Å². The van der Waals surface area contributed by atoms with Gasteiger partial charge in [0.2, 0.25) is 0 Å². The second-order valence-electron chi connectivity index (χ2n) is 7.64. The molecule has 0 bridgehead atoms. The molecule has 1 aliphatic rings. The van der Waals surface area contributed by atoms with Gasteiger partial charge in [0.1, 0.15) is 5.82 Å². The number of carbonyl (C=O) groups is 2. The van der Waals surface area contributed by atoms with E-state index in [1.165, 1.54) is 70.7 Å². The summed E-state index contributed by atoms with van der Waals surface area (Å²) in [5.41, 5.74) is 5.94. The van der Waals surface area contributed by atoms with Gasteiger partial charge in [0.25, 0.3) is 21.8 Å². The maximum absolute atomic E-state index is 13.7. The predicted molar refractivity (Wildman–Crippen MR) is 124 cm³/mol. The molecule has 2 amide bonds. The number of benzene rings is 2. The van der Waals surface area contributed by atoms with Crippen LogP contribution < -0.4 is 15.6 Å². The lowest BCUT2D eigenvalue weighted by atomic mass is 10.1. The maximum atomic E-state index is 13.7. The van der Waals surface area contributed by atoms with Gasteiger partial charge in [0, 0.05) is 10.4 Å². The van der Waals surface area contributed by atoms with Gasteiger partial charge in [-0.3, -0.25) is 25.2 Å². The van der Waals surface area contributed by atoms with Crippen LogP contribution in [0.2, 0.25) is 0 Å². The second kappa shape index (κ2) is 9.72. The number of fused-ring (bicyclic) bond motifs is 1. The fraction of sp³-hybridized carbons (Fsp3) is 0.217. The number of carbonyl (C=O) groups excluding carboxylic acids is 2. The topological polar surface area (TPSA) is 104 Å². The highest BCUT2D eigenvalue weighted by molar-refractivity contribution is 7.92. The van der Waals surface area contributed by atoms with Crippen molar-refractivity contribution in [3.63, 3.8) is 0 Å². The molecule has 172 valence electrons. The third kappa shape index (κ3) is 5.40. The summed E-state index contributed by atoms with van der Waals surface area (Å²) >= 11 is 1.45. The number of para-hydroxylation sites is 1. The summed E-state index contributed by atoms with van der Waals surface area (Å²) in [5, 5.41) is 0. The monoisotopic (exact) mass is 487 g/mol. The molecule has 0 aliphatic heterocycles. The van der Waals surface area contributed by atoms with Crippen molar-refractivity contribution in [3.8, 4) is 0 Å². The zero-order valence-corrected chi connectivity index (χ0v) is 19.2. The number of aryl methyl sites for hydroxylation is 2. The number of thiophene rings is 1. The minimum Gasteiger partial charge on any atom is -0.277 e. The number of rotatable bonds is 5. The van der Waals surface area contributed by atoms with E-state index in [9.17, 15) is 22.4 Å². The Labute approximate surface area is 195 Å². The Balaban J connectivity index is 1.37. The Morgan fingerprint density at radius 2 is 1.58 bits per heavy atom. The highest BCUT2D eigenvalue weighted by Gasteiger charge is 2.19. The van der Waals surface area contributed by atoms with Crippen molar-refractivity contribution in [2.75, 3.05) is 4.72 Å². The Morgan fingerprint density at radius 1 is 0.879 bits per heavy atom. The molecule has 0 unspecified atom stereocenters. The highest BCUT2D eigenvalue weighted by atomic mass is 32.2. The summed E-state index contributed by atoms with van der Waals surface area (Å²) in [4.78, 5) is 26.5. The summed E-state index contributed by atoms with van der Waals surface area (Å²) < 4.78 is 40.9. The van der Waals surface area contributed by atoms with Gasteiger partial charge in [0.05, 0.1) is 15.5 Å². The van der Waals surface area contributed by atoms with Crippen molar-refractivity contribution in [2.45, 2.75) is 37.0 Å². The summed E-state index contributed by atoms with van der Waals surface area (Å²) in [5.74, 6) is -1.68. The van der Waals surface area contributed by atoms with Gasteiger partial charge >= 0.3 is 0 Å². The molecule has 7 nitrogen and oxygen atoms in total. The molecule has 0 radical (unpaired) electrons. The van der Waals surface area contributed by atoms with Gasteiger partial charge in [-0.1, -0.05) is 18.6 Å². The Hall–Kier alpha value is -3.24. The lowest BCUT2D eigenvalue weighted by Gasteiger charge is -2.10. The normalized spacial score (nSPS) is 13.5. The summed E-state index contributed by atoms with van der Waals surface area (Å²) in [6, 6.07) is 12.4. The molecule has 0 fully saturated rings. The minimum absolute atomic E-state index is 0.133. The number of hydrogen-bond acceptors (Lipinski definition) is 5. The van der Waals surface area contributed by atoms with Crippen LogP contribution in [0.15, 0.2) is 59.5 Å². The van der Waals surface area contributed by atoms with Crippen molar-refractivity contribution in [1.29, 1.82) is 0 Å². The van der Waals surface area contributed by atoms with E-state index in [1.54, 1.807) is 0 Å². The second-order valence-corrected chi connectivity index (χ2v) is 10.5. The van der Waals surface area contributed by atoms with E-state index in [-0.39, 0.29) is 16.1 Å². The number of hydrazine groups is 1. The quantitative estimate of drug-likeness (QED) is 0.373. The van der Waals surface area contributed by atoms with Crippen LogP contribution in [0.25, 0.3) is 0 Å². The molecular weight excluding hydrogens is 465 g/mol. The number of amides is 2. The van der Waals surface area contributed by atoms with Crippen LogP contribution in [0.3, 0.4) is 0 Å². The summed E-state index contributed by atoms with van der Waals surface area (Å²) in [6.45, 7) is 0. The Bertz CT molecular complexity index is 1260. The van der Waals surface area contributed by atoms with E-state index in [0.717, 1.165) is 31.7 Å². The largest absolute Gasteiger partial charge is 0.279 e. The van der Waals surface area contributed by atoms with Crippen molar-refractivity contribution in [2.24, 2.45) is 0 Å². The number of sulfonamides is 1. The molecule has 0 atom stereocenters. The average Bonchev–Trinajstić information content (AvgIpc) is 3.09. The first-order valence-corrected chi connectivity index (χ1v) is 12.7. The van der Waals surface area contributed by atoms with Crippen LogP contribution >= 0.6 is 11.3 Å². The van der Waals surface area contributed by atoms with Gasteiger partial charge in [-0.05, 0) is 73.7 Å². The molecule has 0 saturated heterocycles. The zero-order valence-electron chi connectivity index (χ0n) is 17.6. The van der Waals surface area contributed by atoms with Gasteiger partial charge in [-0.2, -0.15) is 0 Å². The molecule has 1 heterocycles. The summed E-state index contributed by atoms with van der Waals surface area (Å²) in [7, 11) is -4.03. The highest BCUT2D eigenvalue weighted by Crippen LogP contribution is 2.28. The van der Waals surface area contributed by atoms with Crippen LogP contribution in [-0.4, -0.2) is 20.2 Å². The molecule has 0 spiro atoms. The molecule has 0 saturated carbocycles. The third-order valence-electron chi connectivity index (χ3n) is 5.30. The lowest BCUT2D eigenvalue weighted by molar-refractivity contribution is 0.0849. The van der Waals surface area contributed by atoms with Crippen LogP contribution in [0.4, 0.5) is 10.1 Å². The maximum Gasteiger partial charge on any atom is 0.279 e. The number of nitrogens with one attached hydrogen (secondary N) is 3. The SMILES string of the molecule is O=C(NNC(=O)c1cc2c(s1)CCCCC2)c1ccc(S(=O)(=O)Nc2ccccc2F)cc1. The smallest absolute Gasteiger partial charge is 0.277 e. The molecule has 10 heteroatoms. The average molecular weight is 488 g/mol. The van der Waals surface area contributed by atoms with E-state index < -0.39 is 27.7 Å². The van der Waals surface area contributed by atoms with Crippen LogP contribution in [0.5, 0.6) is 0 Å². The van der Waals surface area contributed by atoms with Gasteiger partial charge < -0.3 is 0 Å². The molecule has 2 aromatic carbocycles. The number of hydrogen-bond donors (Lipinski definition) is 3. The minimum atomic E-state index is -4.03. The van der Waals surface area contributed by atoms with Gasteiger partial charge in [0.15, 0.2) is 0 Å². The van der Waals surface area contributed by atoms with E-state index in [4.69, 9.17) is 0 Å². The standard InChI is InChI=1S/C23H22FN3O4S2/c24-18-7-4-5-8-19(18)27-33(30,31)17-12-10-15(11-13-17)22(28)25-26-23(29)21-14-16-6-2-1-3-9-20(16)32-21/h4-5,7-8,10-14,27H,1-3,6,9H2,(H,25,28)(H,26,29). The van der Waals surface area contributed by atoms with E-state index in [0.29, 0.717) is 4.88 Å². The van der Waals surface area contributed by atoms with Crippen molar-refractivity contribution >= 4 is 38.9 Å². The molecule has 1 aliphatic carbocycles. The first-order valence-electron chi connectivity index (χ1n) is 10.4. The molecule has 4 rings (SSSR count). The molecule has 33 heavy (non-hydrogen) atoms. The molecule has 1 aromatic heterocycles. The zero-order chi connectivity index (χ0) is 23.4. The van der Waals surface area contributed by atoms with E-state index in [2.05, 4.69) is 15.6 Å². The third-order valence-corrected chi connectivity index (χ3v) is 7.92. The fourth-order valence-corrected chi connectivity index (χ4v) is 5.78. The molecular formula is C23H22FN3O4S2. The Kier molecular flexibility index (Phi) is 6.75. The fourth-order valence-electron chi connectivity index (χ4n) is 3.56. The van der Waals surface area contributed by atoms with Crippen LogP contribution in [0.1, 0.15) is 49.7 Å². The molecule has 3 N–H and O–H groups in total. The van der Waals surface area contributed by atoms with Crippen molar-refractivity contribution in [1.82, 2.24) is 10.9 Å².